The molecule has 0 bridgehead atoms. The topological polar surface area (TPSA) is 101 Å². The third kappa shape index (κ3) is 12.9. The van der Waals surface area contributed by atoms with E-state index in [0.29, 0.717) is 12.2 Å². The highest BCUT2D eigenvalue weighted by Crippen LogP contribution is 2.28. The Morgan fingerprint density at radius 2 is 1.50 bits per heavy atom. The minimum absolute atomic E-state index is 0.173. The van der Waals surface area contributed by atoms with E-state index in [-0.39, 0.29) is 5.41 Å². The average Bonchev–Trinajstić information content (AvgIpc) is 3.58. The highest BCUT2D eigenvalue weighted by Gasteiger charge is 2.16. The molecule has 1 atom stereocenters. The number of rotatable bonds is 14. The number of nitrogens with one attached hydrogen (secondary N) is 1. The van der Waals surface area contributed by atoms with Gasteiger partial charge in [-0.15, -0.1) is 11.3 Å². The smallest absolute Gasteiger partial charge is 0.321 e. The second kappa shape index (κ2) is 20.3. The molecule has 0 spiro atoms. The summed E-state index contributed by atoms with van der Waals surface area (Å²) >= 11 is 1.57. The lowest BCUT2D eigenvalue weighted by molar-refractivity contribution is -0.139. The molecule has 1 unspecified atom stereocenters. The van der Waals surface area contributed by atoms with E-state index in [9.17, 15) is 14.7 Å². The molecule has 2 aromatic carbocycles. The van der Waals surface area contributed by atoms with Gasteiger partial charge in [0, 0.05) is 28.4 Å². The Morgan fingerprint density at radius 3 is 2.00 bits per heavy atom. The first-order valence-electron chi connectivity index (χ1n) is 16.2. The Bertz CT molecular complexity index is 1430. The summed E-state index contributed by atoms with van der Waals surface area (Å²) in [6.07, 6.45) is 11.1. The number of carbonyl (C=O) groups excluding carboxylic acids is 1. The van der Waals surface area contributed by atoms with Crippen LogP contribution in [0.4, 0.5) is 0 Å². The highest BCUT2D eigenvalue weighted by molar-refractivity contribution is 7.13. The molecular weight excluding hydrogens is 595 g/mol. The van der Waals surface area contributed by atoms with Crippen molar-refractivity contribution < 1.29 is 19.4 Å². The van der Waals surface area contributed by atoms with Crippen LogP contribution in [0.2, 0.25) is 0 Å². The van der Waals surface area contributed by atoms with E-state index < -0.39 is 12.0 Å². The number of unbranched alkanes of at least 4 members (excludes halogenated alkanes) is 4. The van der Waals surface area contributed by atoms with Crippen LogP contribution in [0.3, 0.4) is 0 Å². The number of hydrogen-bond acceptors (Lipinski definition) is 7. The van der Waals surface area contributed by atoms with Crippen molar-refractivity contribution in [2.75, 3.05) is 13.7 Å². The van der Waals surface area contributed by atoms with E-state index in [4.69, 9.17) is 4.74 Å². The molecule has 46 heavy (non-hydrogen) atoms. The summed E-state index contributed by atoms with van der Waals surface area (Å²) in [5, 5.41) is 12.0. The van der Waals surface area contributed by atoms with Crippen molar-refractivity contribution in [1.29, 1.82) is 0 Å². The monoisotopic (exact) mass is 645 g/mol. The fourth-order valence-corrected chi connectivity index (χ4v) is 5.30. The number of likely N-dealkylation sites (N-methyl/N-ethyl adjacent to an activating group) is 1. The van der Waals surface area contributed by atoms with Gasteiger partial charge in [-0.2, -0.15) is 0 Å². The SMILES string of the molecule is CC.CC(C)(C)c1ccc(C=O)s1.CCCCCCCOc1ccc(-c2cnc(-c3ccc(CC(NC)C(=O)O)cc3)nc2)cc1. The van der Waals surface area contributed by atoms with E-state index in [1.54, 1.807) is 18.4 Å². The van der Waals surface area contributed by atoms with E-state index in [2.05, 4.69) is 43.0 Å². The molecule has 4 rings (SSSR count). The Hall–Kier alpha value is -3.88. The summed E-state index contributed by atoms with van der Waals surface area (Å²) in [5.41, 5.74) is 4.00. The number of aliphatic carboxylic acids is 1. The van der Waals surface area contributed by atoms with Crippen LogP contribution < -0.4 is 10.1 Å². The molecule has 8 heteroatoms. The predicted octanol–water partition coefficient (Wildman–Crippen LogP) is 9.26. The van der Waals surface area contributed by atoms with Crippen molar-refractivity contribution in [2.24, 2.45) is 0 Å². The number of aldehydes is 1. The zero-order valence-corrected chi connectivity index (χ0v) is 29.3. The van der Waals surface area contributed by atoms with Crippen molar-refractivity contribution in [3.05, 3.63) is 88.4 Å². The van der Waals surface area contributed by atoms with Crippen LogP contribution in [-0.2, 0) is 16.6 Å². The van der Waals surface area contributed by atoms with Gasteiger partial charge in [0.1, 0.15) is 11.8 Å². The molecule has 2 N–H and O–H groups in total. The van der Waals surface area contributed by atoms with Gasteiger partial charge in [0.15, 0.2) is 12.1 Å². The molecule has 0 aliphatic heterocycles. The van der Waals surface area contributed by atoms with Crippen LogP contribution in [0.15, 0.2) is 73.1 Å². The maximum Gasteiger partial charge on any atom is 0.321 e. The molecule has 0 saturated carbocycles. The van der Waals surface area contributed by atoms with Crippen molar-refractivity contribution in [3.8, 4) is 28.3 Å². The number of nitrogens with zero attached hydrogens (tertiary/aromatic N) is 2. The largest absolute Gasteiger partial charge is 0.494 e. The molecule has 0 aliphatic rings. The molecule has 0 fully saturated rings. The van der Waals surface area contributed by atoms with Crippen LogP contribution in [0.25, 0.3) is 22.5 Å². The quantitative estimate of drug-likeness (QED) is 0.104. The Morgan fingerprint density at radius 1 is 0.891 bits per heavy atom. The number of benzene rings is 2. The molecule has 248 valence electrons. The van der Waals surface area contributed by atoms with Gasteiger partial charge in [-0.05, 0) is 60.7 Å². The van der Waals surface area contributed by atoms with Gasteiger partial charge in [-0.25, -0.2) is 9.97 Å². The van der Waals surface area contributed by atoms with E-state index >= 15 is 0 Å². The zero-order valence-electron chi connectivity index (χ0n) is 28.5. The molecule has 4 aromatic rings. The van der Waals surface area contributed by atoms with Crippen molar-refractivity contribution >= 4 is 23.6 Å². The fourth-order valence-electron chi connectivity index (χ4n) is 4.42. The lowest BCUT2D eigenvalue weighted by Crippen LogP contribution is -2.35. The molecule has 0 amide bonds. The summed E-state index contributed by atoms with van der Waals surface area (Å²) in [7, 11) is 1.65. The van der Waals surface area contributed by atoms with Crippen molar-refractivity contribution in [1.82, 2.24) is 15.3 Å². The summed E-state index contributed by atoms with van der Waals surface area (Å²) in [5.74, 6) is 0.662. The van der Waals surface area contributed by atoms with Crippen LogP contribution in [0, 0.1) is 0 Å². The zero-order chi connectivity index (χ0) is 34.0. The predicted molar refractivity (Wildman–Crippen MR) is 191 cm³/mol. The first-order valence-corrected chi connectivity index (χ1v) is 17.1. The number of carboxylic acids is 1. The summed E-state index contributed by atoms with van der Waals surface area (Å²) in [6, 6.07) is 19.0. The molecule has 2 heterocycles. The third-order valence-corrected chi connectivity index (χ3v) is 8.57. The minimum atomic E-state index is -0.859. The number of thiophene rings is 1. The fraction of sp³-hybridized carbons (Fsp3) is 0.421. The van der Waals surface area contributed by atoms with Crippen LogP contribution in [-0.4, -0.2) is 47.0 Å². The second-order valence-electron chi connectivity index (χ2n) is 11.7. The molecule has 0 saturated heterocycles. The third-order valence-electron chi connectivity index (χ3n) is 7.14. The average molecular weight is 646 g/mol. The number of ether oxygens (including phenoxy) is 1. The molecular formula is C38H51N3O4S. The maximum atomic E-state index is 11.2. The molecule has 2 aromatic heterocycles. The Labute approximate surface area is 279 Å². The lowest BCUT2D eigenvalue weighted by Gasteiger charge is -2.14. The number of carbonyl (C=O) groups is 2. The summed E-state index contributed by atoms with van der Waals surface area (Å²) in [4.78, 5) is 32.7. The Balaban J connectivity index is 0.000000475. The van der Waals surface area contributed by atoms with Crippen LogP contribution >= 0.6 is 11.3 Å². The number of carboxylic acid groups (broad SMARTS) is 1. The van der Waals surface area contributed by atoms with Gasteiger partial charge < -0.3 is 15.2 Å². The molecule has 7 nitrogen and oxygen atoms in total. The van der Waals surface area contributed by atoms with Crippen molar-refractivity contribution in [2.45, 2.75) is 91.5 Å². The molecule has 0 aliphatic carbocycles. The van der Waals surface area contributed by atoms with Gasteiger partial charge in [0.2, 0.25) is 0 Å². The normalized spacial score (nSPS) is 11.4. The second-order valence-corrected chi connectivity index (χ2v) is 12.8. The van der Waals surface area contributed by atoms with E-state index in [0.717, 1.165) is 52.2 Å². The highest BCUT2D eigenvalue weighted by atomic mass is 32.1. The van der Waals surface area contributed by atoms with Crippen molar-refractivity contribution in [3.63, 3.8) is 0 Å². The number of hydrogen-bond donors (Lipinski definition) is 2. The lowest BCUT2D eigenvalue weighted by atomic mass is 9.95. The maximum absolute atomic E-state index is 11.2. The van der Waals surface area contributed by atoms with Crippen LogP contribution in [0.5, 0.6) is 5.75 Å². The molecule has 0 radical (unpaired) electrons. The first-order chi connectivity index (χ1) is 22.1. The van der Waals surface area contributed by atoms with Gasteiger partial charge >= 0.3 is 5.97 Å². The van der Waals surface area contributed by atoms with Gasteiger partial charge in [-0.3, -0.25) is 9.59 Å². The minimum Gasteiger partial charge on any atom is -0.494 e. The standard InChI is InChI=1S/C27H33N3O3.C9H12OS.C2H6/c1-3-4-5-6-7-16-33-24-14-12-21(13-15-24)23-18-29-26(30-19-23)22-10-8-20(9-11-22)17-25(28-2)27(31)32;1-9(2,3)8-5-4-7(6-10)11-8;1-2/h8-15,18-19,25,28H,3-7,16-17H2,1-2H3,(H,31,32);4-6H,1-3H3;1-2H3. The van der Waals surface area contributed by atoms with E-state index in [1.807, 2.05) is 86.9 Å². The summed E-state index contributed by atoms with van der Waals surface area (Å²) in [6.45, 7) is 13.4. The Kier molecular flexibility index (Phi) is 16.9. The number of aromatic nitrogens is 2. The summed E-state index contributed by atoms with van der Waals surface area (Å²) < 4.78 is 5.84. The van der Waals surface area contributed by atoms with Gasteiger partial charge in [0.05, 0.1) is 11.5 Å². The van der Waals surface area contributed by atoms with Crippen LogP contribution in [0.1, 0.15) is 93.8 Å². The van der Waals surface area contributed by atoms with Gasteiger partial charge in [0.25, 0.3) is 0 Å². The first kappa shape index (κ1) is 38.3. The van der Waals surface area contributed by atoms with Gasteiger partial charge in [-0.1, -0.05) is 104 Å². The van der Waals surface area contributed by atoms with E-state index in [1.165, 1.54) is 30.6 Å².